The van der Waals surface area contributed by atoms with Gasteiger partial charge in [0, 0.05) is 42.6 Å². The summed E-state index contributed by atoms with van der Waals surface area (Å²) >= 11 is 7.87. The Balaban J connectivity index is 1.53. The predicted molar refractivity (Wildman–Crippen MR) is 125 cm³/mol. The molecule has 7 heteroatoms. The summed E-state index contributed by atoms with van der Waals surface area (Å²) < 4.78 is 1.97. The molecule has 0 saturated carbocycles. The first kappa shape index (κ1) is 21.3. The number of carbonyl (C=O) groups excluding carboxylic acids is 1. The van der Waals surface area contributed by atoms with Crippen molar-refractivity contribution in [1.29, 1.82) is 0 Å². The van der Waals surface area contributed by atoms with Gasteiger partial charge in [0.2, 0.25) is 0 Å². The molecule has 0 bridgehead atoms. The van der Waals surface area contributed by atoms with E-state index >= 15 is 0 Å². The Labute approximate surface area is 187 Å². The van der Waals surface area contributed by atoms with E-state index in [1.807, 2.05) is 53.9 Å². The number of rotatable bonds is 5. The van der Waals surface area contributed by atoms with Gasteiger partial charge in [-0.1, -0.05) is 29.8 Å². The molecule has 0 radical (unpaired) electrons. The van der Waals surface area contributed by atoms with E-state index in [2.05, 4.69) is 23.8 Å². The van der Waals surface area contributed by atoms with Crippen molar-refractivity contribution in [3.63, 3.8) is 0 Å². The number of hydrogen-bond donors (Lipinski definition) is 0. The van der Waals surface area contributed by atoms with Crippen molar-refractivity contribution in [2.45, 2.75) is 52.2 Å². The van der Waals surface area contributed by atoms with Gasteiger partial charge >= 0.3 is 0 Å². The van der Waals surface area contributed by atoms with E-state index in [9.17, 15) is 4.79 Å². The molecule has 2 aromatic heterocycles. The van der Waals surface area contributed by atoms with Crippen molar-refractivity contribution in [2.75, 3.05) is 20.1 Å². The second-order valence-electron chi connectivity index (χ2n) is 8.44. The second kappa shape index (κ2) is 8.69. The van der Waals surface area contributed by atoms with Crippen LogP contribution in [0.15, 0.2) is 30.3 Å². The van der Waals surface area contributed by atoms with E-state index in [4.69, 9.17) is 11.6 Å². The van der Waals surface area contributed by atoms with E-state index in [-0.39, 0.29) is 5.91 Å². The minimum Gasteiger partial charge on any atom is -0.338 e. The van der Waals surface area contributed by atoms with Gasteiger partial charge in [-0.3, -0.25) is 9.48 Å². The number of piperidine rings is 1. The van der Waals surface area contributed by atoms with Gasteiger partial charge in [0.05, 0.1) is 17.1 Å². The molecule has 1 aromatic carbocycles. The molecule has 0 atom stereocenters. The first-order valence-electron chi connectivity index (χ1n) is 10.6. The molecule has 1 fully saturated rings. The lowest BCUT2D eigenvalue weighted by atomic mass is 10.0. The Bertz CT molecular complexity index is 1050. The highest BCUT2D eigenvalue weighted by Crippen LogP contribution is 2.31. The van der Waals surface area contributed by atoms with Crippen LogP contribution < -0.4 is 0 Å². The van der Waals surface area contributed by atoms with Gasteiger partial charge in [0.25, 0.3) is 5.91 Å². The molecule has 3 aromatic rings. The molecular weight excluding hydrogens is 416 g/mol. The fraction of sp³-hybridized carbons (Fsp3) is 0.478. The molecule has 30 heavy (non-hydrogen) atoms. The fourth-order valence-electron chi connectivity index (χ4n) is 4.24. The quantitative estimate of drug-likeness (QED) is 0.552. The van der Waals surface area contributed by atoms with Crippen LogP contribution in [-0.2, 0) is 6.54 Å². The van der Waals surface area contributed by atoms with Crippen molar-refractivity contribution >= 4 is 39.1 Å². The van der Waals surface area contributed by atoms with E-state index in [1.165, 1.54) is 11.3 Å². The summed E-state index contributed by atoms with van der Waals surface area (Å²) in [5.41, 5.74) is 1.97. The third kappa shape index (κ3) is 4.13. The lowest BCUT2D eigenvalue weighted by Gasteiger charge is -2.38. The number of aryl methyl sites for hydroxylation is 1. The number of benzene rings is 1. The van der Waals surface area contributed by atoms with E-state index in [0.29, 0.717) is 18.6 Å². The first-order chi connectivity index (χ1) is 14.3. The van der Waals surface area contributed by atoms with Gasteiger partial charge in [0.1, 0.15) is 4.83 Å². The average Bonchev–Trinajstić information content (AvgIpc) is 3.30. The zero-order valence-electron chi connectivity index (χ0n) is 18.1. The highest BCUT2D eigenvalue weighted by molar-refractivity contribution is 7.20. The molecule has 0 N–H and O–H groups in total. The third-order valence-electron chi connectivity index (χ3n) is 6.19. The number of amides is 1. The zero-order valence-corrected chi connectivity index (χ0v) is 19.6. The lowest BCUT2D eigenvalue weighted by molar-refractivity contribution is 0.0620. The largest absolute Gasteiger partial charge is 0.338 e. The minimum absolute atomic E-state index is 0.114. The number of likely N-dealkylation sites (tertiary alicyclic amines) is 1. The Morgan fingerprint density at radius 2 is 2.00 bits per heavy atom. The molecular formula is C23H29ClN4OS. The van der Waals surface area contributed by atoms with Crippen molar-refractivity contribution in [1.82, 2.24) is 19.6 Å². The number of halogens is 1. The standard InChI is InChI=1S/C23H29ClN4OS/c1-15(2)27-11-9-18(10-12-27)26(4)22(29)21-13-19-16(3)25-28(23(19)30-21)14-17-7-5-6-8-20(17)24/h5-8,13,15,18H,9-12,14H2,1-4H3. The predicted octanol–water partition coefficient (Wildman–Crippen LogP) is 5.05. The Morgan fingerprint density at radius 1 is 1.30 bits per heavy atom. The van der Waals surface area contributed by atoms with Crippen LogP contribution in [0.3, 0.4) is 0 Å². The van der Waals surface area contributed by atoms with Crippen LogP contribution in [0.1, 0.15) is 47.6 Å². The monoisotopic (exact) mass is 444 g/mol. The van der Waals surface area contributed by atoms with Gasteiger partial charge in [-0.2, -0.15) is 5.10 Å². The number of nitrogens with zero attached hydrogens (tertiary/aromatic N) is 4. The number of aromatic nitrogens is 2. The summed E-state index contributed by atoms with van der Waals surface area (Å²) in [6.07, 6.45) is 2.06. The van der Waals surface area contributed by atoms with Crippen molar-refractivity contribution in [3.8, 4) is 0 Å². The number of carbonyl (C=O) groups is 1. The normalized spacial score (nSPS) is 15.9. The topological polar surface area (TPSA) is 41.4 Å². The lowest BCUT2D eigenvalue weighted by Crippen LogP contribution is -2.47. The van der Waals surface area contributed by atoms with Gasteiger partial charge in [-0.15, -0.1) is 11.3 Å². The molecule has 1 aliphatic rings. The first-order valence-corrected chi connectivity index (χ1v) is 11.8. The Kier molecular flexibility index (Phi) is 6.19. The van der Waals surface area contributed by atoms with Gasteiger partial charge in [0.15, 0.2) is 0 Å². The number of thiophene rings is 1. The van der Waals surface area contributed by atoms with Gasteiger partial charge in [-0.25, -0.2) is 0 Å². The van der Waals surface area contributed by atoms with Crippen molar-refractivity contribution in [2.24, 2.45) is 0 Å². The SMILES string of the molecule is Cc1nn(Cc2ccccc2Cl)c2sc(C(=O)N(C)C3CCN(C(C)C)CC3)cc12. The maximum Gasteiger partial charge on any atom is 0.264 e. The second-order valence-corrected chi connectivity index (χ2v) is 9.88. The highest BCUT2D eigenvalue weighted by Gasteiger charge is 2.28. The Morgan fingerprint density at radius 3 is 2.67 bits per heavy atom. The maximum absolute atomic E-state index is 13.2. The molecule has 1 saturated heterocycles. The van der Waals surface area contributed by atoms with E-state index in [0.717, 1.165) is 57.3 Å². The summed E-state index contributed by atoms with van der Waals surface area (Å²) in [4.78, 5) is 19.5. The number of fused-ring (bicyclic) bond motifs is 1. The Hall–Kier alpha value is -1.89. The van der Waals surface area contributed by atoms with Crippen LogP contribution in [0.25, 0.3) is 10.2 Å². The van der Waals surface area contributed by atoms with Gasteiger partial charge in [-0.05, 0) is 51.3 Å². The van der Waals surface area contributed by atoms with E-state index < -0.39 is 0 Å². The molecule has 4 rings (SSSR count). The molecule has 5 nitrogen and oxygen atoms in total. The summed E-state index contributed by atoms with van der Waals surface area (Å²) in [7, 11) is 1.95. The van der Waals surface area contributed by atoms with Crippen molar-refractivity contribution in [3.05, 3.63) is 51.5 Å². The summed E-state index contributed by atoms with van der Waals surface area (Å²) in [6, 6.07) is 10.7. The molecule has 160 valence electrons. The van der Waals surface area contributed by atoms with Crippen molar-refractivity contribution < 1.29 is 4.79 Å². The van der Waals surface area contributed by atoms with Crippen LogP contribution in [0.2, 0.25) is 5.02 Å². The highest BCUT2D eigenvalue weighted by atomic mass is 35.5. The van der Waals surface area contributed by atoms with Crippen LogP contribution >= 0.6 is 22.9 Å². The zero-order chi connectivity index (χ0) is 21.4. The molecule has 0 spiro atoms. The molecule has 3 heterocycles. The fourth-order valence-corrected chi connectivity index (χ4v) is 5.58. The molecule has 1 aliphatic heterocycles. The van der Waals surface area contributed by atoms with Crippen LogP contribution in [0.4, 0.5) is 0 Å². The third-order valence-corrected chi connectivity index (χ3v) is 7.70. The van der Waals surface area contributed by atoms with Crippen LogP contribution in [-0.4, -0.2) is 57.7 Å². The van der Waals surface area contributed by atoms with E-state index in [1.54, 1.807) is 0 Å². The molecule has 1 amide bonds. The minimum atomic E-state index is 0.114. The molecule has 0 aliphatic carbocycles. The summed E-state index contributed by atoms with van der Waals surface area (Å²) in [5.74, 6) is 0.114. The van der Waals surface area contributed by atoms with Crippen LogP contribution in [0, 0.1) is 6.92 Å². The van der Waals surface area contributed by atoms with Gasteiger partial charge < -0.3 is 9.80 Å². The smallest absolute Gasteiger partial charge is 0.264 e. The molecule has 0 unspecified atom stereocenters. The summed E-state index contributed by atoms with van der Waals surface area (Å²) in [6.45, 7) is 9.18. The average molecular weight is 445 g/mol. The maximum atomic E-state index is 13.2. The van der Waals surface area contributed by atoms with Crippen LogP contribution in [0.5, 0.6) is 0 Å². The number of hydrogen-bond acceptors (Lipinski definition) is 4. The summed E-state index contributed by atoms with van der Waals surface area (Å²) in [5, 5.41) is 6.47.